The van der Waals surface area contributed by atoms with Crippen molar-refractivity contribution in [3.05, 3.63) is 146 Å². The maximum absolute atomic E-state index is 6.23. The van der Waals surface area contributed by atoms with Gasteiger partial charge >= 0.3 is 0 Å². The summed E-state index contributed by atoms with van der Waals surface area (Å²) >= 11 is 0. The van der Waals surface area contributed by atoms with Gasteiger partial charge in [-0.25, -0.2) is 0 Å². The third-order valence-corrected chi connectivity index (χ3v) is 7.86. The van der Waals surface area contributed by atoms with Crippen molar-refractivity contribution in [1.82, 2.24) is 0 Å². The molecule has 0 aliphatic heterocycles. The molecule has 0 saturated heterocycles. The maximum Gasteiger partial charge on any atom is 0.136 e. The summed E-state index contributed by atoms with van der Waals surface area (Å²) in [5.41, 5.74) is 9.21. The Morgan fingerprint density at radius 2 is 0.872 bits per heavy atom. The van der Waals surface area contributed by atoms with Crippen molar-refractivity contribution >= 4 is 43.5 Å². The highest BCUT2D eigenvalue weighted by Gasteiger charge is 2.18. The molecule has 0 spiro atoms. The fraction of sp³-hybridized carbons (Fsp3) is 0. The summed E-state index contributed by atoms with van der Waals surface area (Å²) in [6.45, 7) is 0. The zero-order chi connectivity index (χ0) is 25.8. The lowest BCUT2D eigenvalue weighted by atomic mass is 9.84. The molecule has 0 N–H and O–H groups in total. The molecule has 1 aromatic heterocycles. The molecule has 1 heteroatoms. The van der Waals surface area contributed by atoms with Crippen LogP contribution in [0.1, 0.15) is 0 Å². The third-order valence-electron chi connectivity index (χ3n) is 7.86. The lowest BCUT2D eigenvalue weighted by Crippen LogP contribution is -1.91. The van der Waals surface area contributed by atoms with Gasteiger partial charge in [-0.3, -0.25) is 0 Å². The second kappa shape index (κ2) is 8.72. The zero-order valence-electron chi connectivity index (χ0n) is 21.3. The summed E-state index contributed by atoms with van der Waals surface area (Å²) in [6, 6.07) is 52.0. The van der Waals surface area contributed by atoms with Gasteiger partial charge in [-0.05, 0) is 73.1 Å². The Kier molecular flexibility index (Phi) is 4.89. The van der Waals surface area contributed by atoms with E-state index in [1.165, 1.54) is 54.9 Å². The van der Waals surface area contributed by atoms with Gasteiger partial charge in [0.2, 0.25) is 0 Å². The van der Waals surface area contributed by atoms with Gasteiger partial charge in [-0.2, -0.15) is 0 Å². The second-order valence-electron chi connectivity index (χ2n) is 10.1. The third kappa shape index (κ3) is 3.41. The van der Waals surface area contributed by atoms with Crippen LogP contribution in [-0.2, 0) is 0 Å². The molecule has 39 heavy (non-hydrogen) atoms. The second-order valence-corrected chi connectivity index (χ2v) is 10.1. The van der Waals surface area contributed by atoms with Crippen molar-refractivity contribution in [3.8, 4) is 33.4 Å². The summed E-state index contributed by atoms with van der Waals surface area (Å²) in [7, 11) is 0. The van der Waals surface area contributed by atoms with Crippen molar-refractivity contribution in [2.45, 2.75) is 0 Å². The molecule has 0 unspecified atom stereocenters. The molecule has 0 saturated carbocycles. The minimum absolute atomic E-state index is 0.917. The number of furan rings is 1. The SMILES string of the molecule is c1ccc(-c2c3ccccc3c(-c3ccccc3)c3cc(-c4cccc5oc6ccccc6c45)ccc23)cc1. The molecule has 8 aromatic rings. The predicted octanol–water partition coefficient (Wildman–Crippen LogP) is 10.9. The van der Waals surface area contributed by atoms with Crippen molar-refractivity contribution in [2.24, 2.45) is 0 Å². The van der Waals surface area contributed by atoms with Crippen LogP contribution >= 0.6 is 0 Å². The number of fused-ring (bicyclic) bond motifs is 5. The molecule has 8 rings (SSSR count). The van der Waals surface area contributed by atoms with E-state index >= 15 is 0 Å². The Hall–Kier alpha value is -5.14. The molecule has 0 bridgehead atoms. The fourth-order valence-corrected chi connectivity index (χ4v) is 6.19. The number of hydrogen-bond donors (Lipinski definition) is 0. The van der Waals surface area contributed by atoms with Crippen LogP contribution in [0.3, 0.4) is 0 Å². The highest BCUT2D eigenvalue weighted by atomic mass is 16.3. The van der Waals surface area contributed by atoms with Crippen LogP contribution in [0.2, 0.25) is 0 Å². The molecule has 0 amide bonds. The van der Waals surface area contributed by atoms with E-state index in [2.05, 4.69) is 133 Å². The van der Waals surface area contributed by atoms with Crippen molar-refractivity contribution in [2.75, 3.05) is 0 Å². The monoisotopic (exact) mass is 496 g/mol. The standard InChI is InChI=1S/C38H24O/c1-3-12-25(13-4-1)36-29-16-7-8-17-30(29)37(26-14-5-2-6-15-26)33-24-27(22-23-31(33)36)28-19-11-21-35-38(28)32-18-9-10-20-34(32)39-35/h1-24H. The van der Waals surface area contributed by atoms with E-state index in [0.717, 1.165) is 21.9 Å². The van der Waals surface area contributed by atoms with Crippen molar-refractivity contribution < 1.29 is 4.42 Å². The largest absolute Gasteiger partial charge is 0.456 e. The van der Waals surface area contributed by atoms with E-state index in [-0.39, 0.29) is 0 Å². The van der Waals surface area contributed by atoms with Crippen LogP contribution in [0, 0.1) is 0 Å². The maximum atomic E-state index is 6.23. The van der Waals surface area contributed by atoms with E-state index in [1.807, 2.05) is 12.1 Å². The molecule has 1 nitrogen and oxygen atoms in total. The quantitative estimate of drug-likeness (QED) is 0.222. The topological polar surface area (TPSA) is 13.1 Å². The molecule has 0 radical (unpaired) electrons. The van der Waals surface area contributed by atoms with Crippen LogP contribution in [0.4, 0.5) is 0 Å². The smallest absolute Gasteiger partial charge is 0.136 e. The Bertz CT molecular complexity index is 2150. The summed E-state index contributed by atoms with van der Waals surface area (Å²) in [6.07, 6.45) is 0. The highest BCUT2D eigenvalue weighted by Crippen LogP contribution is 2.45. The Balaban J connectivity index is 1.52. The van der Waals surface area contributed by atoms with E-state index < -0.39 is 0 Å². The summed E-state index contributed by atoms with van der Waals surface area (Å²) in [5.74, 6) is 0. The van der Waals surface area contributed by atoms with Gasteiger partial charge in [-0.1, -0.05) is 127 Å². The first-order valence-corrected chi connectivity index (χ1v) is 13.4. The normalized spacial score (nSPS) is 11.6. The van der Waals surface area contributed by atoms with E-state index in [0.29, 0.717) is 0 Å². The number of hydrogen-bond acceptors (Lipinski definition) is 1. The molecular formula is C38H24O. The van der Waals surface area contributed by atoms with Gasteiger partial charge in [0.15, 0.2) is 0 Å². The van der Waals surface area contributed by atoms with Crippen LogP contribution < -0.4 is 0 Å². The Labute approximate surface area is 226 Å². The van der Waals surface area contributed by atoms with Gasteiger partial charge in [0.05, 0.1) is 0 Å². The van der Waals surface area contributed by atoms with E-state index in [9.17, 15) is 0 Å². The van der Waals surface area contributed by atoms with Crippen molar-refractivity contribution in [1.29, 1.82) is 0 Å². The predicted molar refractivity (Wildman–Crippen MR) is 165 cm³/mol. The van der Waals surface area contributed by atoms with Crippen LogP contribution in [0.25, 0.3) is 76.9 Å². The first-order chi connectivity index (χ1) is 19.4. The van der Waals surface area contributed by atoms with E-state index in [4.69, 9.17) is 4.42 Å². The average molecular weight is 497 g/mol. The first kappa shape index (κ1) is 21.9. The molecular weight excluding hydrogens is 472 g/mol. The van der Waals surface area contributed by atoms with Gasteiger partial charge in [-0.15, -0.1) is 0 Å². The molecule has 0 fully saturated rings. The minimum Gasteiger partial charge on any atom is -0.456 e. The first-order valence-electron chi connectivity index (χ1n) is 13.4. The number of benzene rings is 7. The molecule has 0 atom stereocenters. The summed E-state index contributed by atoms with van der Waals surface area (Å²) in [5, 5.41) is 7.35. The van der Waals surface area contributed by atoms with Gasteiger partial charge in [0, 0.05) is 10.8 Å². The van der Waals surface area contributed by atoms with E-state index in [1.54, 1.807) is 0 Å². The molecule has 0 aliphatic carbocycles. The lowest BCUT2D eigenvalue weighted by Gasteiger charge is -2.19. The van der Waals surface area contributed by atoms with Crippen molar-refractivity contribution in [3.63, 3.8) is 0 Å². The molecule has 1 heterocycles. The fourth-order valence-electron chi connectivity index (χ4n) is 6.19. The lowest BCUT2D eigenvalue weighted by molar-refractivity contribution is 0.669. The van der Waals surface area contributed by atoms with Crippen LogP contribution in [0.15, 0.2) is 150 Å². The minimum atomic E-state index is 0.917. The zero-order valence-corrected chi connectivity index (χ0v) is 21.3. The van der Waals surface area contributed by atoms with Gasteiger partial charge < -0.3 is 4.42 Å². The number of rotatable bonds is 3. The molecule has 0 aliphatic rings. The summed E-state index contributed by atoms with van der Waals surface area (Å²) < 4.78 is 6.23. The van der Waals surface area contributed by atoms with Crippen LogP contribution in [0.5, 0.6) is 0 Å². The van der Waals surface area contributed by atoms with Gasteiger partial charge in [0.1, 0.15) is 11.2 Å². The molecule has 182 valence electrons. The Morgan fingerprint density at radius 1 is 0.333 bits per heavy atom. The molecule has 7 aromatic carbocycles. The van der Waals surface area contributed by atoms with Crippen LogP contribution in [-0.4, -0.2) is 0 Å². The Morgan fingerprint density at radius 3 is 1.56 bits per heavy atom. The van der Waals surface area contributed by atoms with Gasteiger partial charge in [0.25, 0.3) is 0 Å². The average Bonchev–Trinajstić information content (AvgIpc) is 3.39. The summed E-state index contributed by atoms with van der Waals surface area (Å²) in [4.78, 5) is 0. The number of para-hydroxylation sites is 1. The highest BCUT2D eigenvalue weighted by molar-refractivity contribution is 6.22.